The molecule has 1 atom stereocenters. The predicted octanol–water partition coefficient (Wildman–Crippen LogP) is 2.72. The highest BCUT2D eigenvalue weighted by atomic mass is 16.1. The van der Waals surface area contributed by atoms with Crippen LogP contribution in [-0.4, -0.2) is 30.3 Å². The van der Waals surface area contributed by atoms with Crippen LogP contribution >= 0.6 is 0 Å². The van der Waals surface area contributed by atoms with E-state index in [0.29, 0.717) is 5.78 Å². The van der Waals surface area contributed by atoms with E-state index in [1.807, 2.05) is 0 Å². The predicted molar refractivity (Wildman–Crippen MR) is 63.9 cm³/mol. The second kappa shape index (κ2) is 5.11. The Morgan fingerprint density at radius 3 is 2.47 bits per heavy atom. The molecule has 0 bridgehead atoms. The highest BCUT2D eigenvalue weighted by Gasteiger charge is 2.37. The number of hydrogen-bond acceptors (Lipinski definition) is 2. The van der Waals surface area contributed by atoms with Gasteiger partial charge in [0.2, 0.25) is 0 Å². The molecule has 0 radical (unpaired) electrons. The van der Waals surface area contributed by atoms with Crippen LogP contribution in [0.15, 0.2) is 0 Å². The monoisotopic (exact) mass is 211 g/mol. The van der Waals surface area contributed by atoms with Crippen molar-refractivity contribution in [1.82, 2.24) is 4.90 Å². The normalized spacial score (nSPS) is 25.9. The molecule has 0 aromatic carbocycles. The van der Waals surface area contributed by atoms with Crippen molar-refractivity contribution in [1.29, 1.82) is 0 Å². The first-order valence-electron chi connectivity index (χ1n) is 6.28. The Morgan fingerprint density at radius 2 is 1.93 bits per heavy atom. The van der Waals surface area contributed by atoms with Gasteiger partial charge in [0, 0.05) is 17.9 Å². The van der Waals surface area contributed by atoms with Gasteiger partial charge in [-0.2, -0.15) is 0 Å². The van der Waals surface area contributed by atoms with Crippen molar-refractivity contribution in [2.45, 2.75) is 47.0 Å². The van der Waals surface area contributed by atoms with E-state index in [2.05, 4.69) is 32.6 Å². The van der Waals surface area contributed by atoms with Gasteiger partial charge >= 0.3 is 0 Å². The molecule has 0 saturated heterocycles. The molecule has 1 fully saturated rings. The number of nitrogens with zero attached hydrogens (tertiary/aromatic N) is 1. The van der Waals surface area contributed by atoms with Gasteiger partial charge in [0.05, 0.1) is 0 Å². The van der Waals surface area contributed by atoms with Crippen molar-refractivity contribution in [2.75, 3.05) is 19.6 Å². The SMILES string of the molecule is CCN(CC)CC1CCCC(C)(C)C1=O. The van der Waals surface area contributed by atoms with Crippen LogP contribution in [0.4, 0.5) is 0 Å². The smallest absolute Gasteiger partial charge is 0.142 e. The molecular formula is C13H25NO. The van der Waals surface area contributed by atoms with Gasteiger partial charge in [0.1, 0.15) is 5.78 Å². The maximum absolute atomic E-state index is 12.2. The van der Waals surface area contributed by atoms with Gasteiger partial charge in [-0.05, 0) is 25.9 Å². The minimum Gasteiger partial charge on any atom is -0.303 e. The molecule has 1 aliphatic rings. The zero-order valence-electron chi connectivity index (χ0n) is 10.7. The fourth-order valence-electron chi connectivity index (χ4n) is 2.56. The lowest BCUT2D eigenvalue weighted by Crippen LogP contribution is -2.41. The number of hydrogen-bond donors (Lipinski definition) is 0. The molecule has 15 heavy (non-hydrogen) atoms. The van der Waals surface area contributed by atoms with Crippen molar-refractivity contribution < 1.29 is 4.79 Å². The first-order chi connectivity index (χ1) is 7.01. The Labute approximate surface area is 94.0 Å². The molecule has 0 heterocycles. The van der Waals surface area contributed by atoms with E-state index in [0.717, 1.165) is 32.5 Å². The number of carbonyl (C=O) groups is 1. The maximum Gasteiger partial charge on any atom is 0.142 e. The van der Waals surface area contributed by atoms with Gasteiger partial charge < -0.3 is 4.90 Å². The number of Topliss-reactive ketones (excluding diaryl/α,β-unsaturated/α-hetero) is 1. The fourth-order valence-corrected chi connectivity index (χ4v) is 2.56. The third-order valence-electron chi connectivity index (χ3n) is 3.77. The minimum atomic E-state index is -0.0733. The molecule has 0 aromatic rings. The van der Waals surface area contributed by atoms with Gasteiger partial charge in [0.15, 0.2) is 0 Å². The van der Waals surface area contributed by atoms with Gasteiger partial charge in [-0.1, -0.05) is 34.1 Å². The van der Waals surface area contributed by atoms with Crippen LogP contribution in [-0.2, 0) is 4.79 Å². The molecule has 88 valence electrons. The zero-order chi connectivity index (χ0) is 11.5. The zero-order valence-corrected chi connectivity index (χ0v) is 10.7. The average molecular weight is 211 g/mol. The maximum atomic E-state index is 12.2. The van der Waals surface area contributed by atoms with Crippen LogP contribution < -0.4 is 0 Å². The lowest BCUT2D eigenvalue weighted by atomic mass is 9.71. The van der Waals surface area contributed by atoms with Gasteiger partial charge in [-0.25, -0.2) is 0 Å². The van der Waals surface area contributed by atoms with Crippen LogP contribution in [0, 0.1) is 11.3 Å². The highest BCUT2D eigenvalue weighted by Crippen LogP contribution is 2.35. The van der Waals surface area contributed by atoms with E-state index in [9.17, 15) is 4.79 Å². The first kappa shape index (κ1) is 12.7. The second-order valence-electron chi connectivity index (χ2n) is 5.32. The topological polar surface area (TPSA) is 20.3 Å². The van der Waals surface area contributed by atoms with E-state index in [1.54, 1.807) is 0 Å². The number of carbonyl (C=O) groups excluding carboxylic acids is 1. The number of rotatable bonds is 4. The van der Waals surface area contributed by atoms with Crippen molar-refractivity contribution in [3.8, 4) is 0 Å². The molecule has 2 nitrogen and oxygen atoms in total. The van der Waals surface area contributed by atoms with Crippen molar-refractivity contribution in [3.05, 3.63) is 0 Å². The number of ketones is 1. The second-order valence-corrected chi connectivity index (χ2v) is 5.32. The van der Waals surface area contributed by atoms with E-state index in [1.165, 1.54) is 6.42 Å². The summed E-state index contributed by atoms with van der Waals surface area (Å²) in [7, 11) is 0. The molecule has 0 amide bonds. The summed E-state index contributed by atoms with van der Waals surface area (Å²) in [5.74, 6) is 0.772. The summed E-state index contributed by atoms with van der Waals surface area (Å²) in [5, 5.41) is 0. The lowest BCUT2D eigenvalue weighted by Gasteiger charge is -2.35. The van der Waals surface area contributed by atoms with Crippen LogP contribution in [0.25, 0.3) is 0 Å². The molecule has 0 aliphatic heterocycles. The third kappa shape index (κ3) is 3.04. The van der Waals surface area contributed by atoms with Crippen LogP contribution in [0.5, 0.6) is 0 Å². The summed E-state index contributed by atoms with van der Waals surface area (Å²) in [5.41, 5.74) is -0.0733. The quantitative estimate of drug-likeness (QED) is 0.712. The van der Waals surface area contributed by atoms with E-state index >= 15 is 0 Å². The van der Waals surface area contributed by atoms with Crippen LogP contribution in [0.1, 0.15) is 47.0 Å². The standard InChI is InChI=1S/C13H25NO/c1-5-14(6-2)10-11-8-7-9-13(3,4)12(11)15/h11H,5-10H2,1-4H3. The minimum absolute atomic E-state index is 0.0733. The molecule has 1 saturated carbocycles. The molecule has 2 heteroatoms. The highest BCUT2D eigenvalue weighted by molar-refractivity contribution is 5.87. The van der Waals surface area contributed by atoms with E-state index in [-0.39, 0.29) is 11.3 Å². The molecule has 1 aliphatic carbocycles. The summed E-state index contributed by atoms with van der Waals surface area (Å²) >= 11 is 0. The Morgan fingerprint density at radius 1 is 1.33 bits per heavy atom. The summed E-state index contributed by atoms with van der Waals surface area (Å²) < 4.78 is 0. The average Bonchev–Trinajstić information content (AvgIpc) is 2.20. The Hall–Kier alpha value is -0.370. The van der Waals surface area contributed by atoms with Crippen molar-refractivity contribution in [2.24, 2.45) is 11.3 Å². The molecule has 0 N–H and O–H groups in total. The molecule has 0 aromatic heterocycles. The van der Waals surface area contributed by atoms with Crippen molar-refractivity contribution in [3.63, 3.8) is 0 Å². The van der Waals surface area contributed by atoms with Crippen molar-refractivity contribution >= 4 is 5.78 Å². The molecule has 1 unspecified atom stereocenters. The van der Waals surface area contributed by atoms with Crippen LogP contribution in [0.2, 0.25) is 0 Å². The molecule has 1 rings (SSSR count). The Bertz CT molecular complexity index is 219. The lowest BCUT2D eigenvalue weighted by molar-refractivity contribution is -0.134. The summed E-state index contributed by atoms with van der Waals surface area (Å²) in [6, 6.07) is 0. The Kier molecular flexibility index (Phi) is 4.32. The fraction of sp³-hybridized carbons (Fsp3) is 0.923. The van der Waals surface area contributed by atoms with Gasteiger partial charge in [-0.15, -0.1) is 0 Å². The molecule has 0 spiro atoms. The van der Waals surface area contributed by atoms with Crippen LogP contribution in [0.3, 0.4) is 0 Å². The third-order valence-corrected chi connectivity index (χ3v) is 3.77. The Balaban J connectivity index is 2.58. The van der Waals surface area contributed by atoms with Gasteiger partial charge in [-0.3, -0.25) is 4.79 Å². The summed E-state index contributed by atoms with van der Waals surface area (Å²) in [6.07, 6.45) is 3.38. The summed E-state index contributed by atoms with van der Waals surface area (Å²) in [6.45, 7) is 11.6. The van der Waals surface area contributed by atoms with E-state index < -0.39 is 0 Å². The molecular weight excluding hydrogens is 186 g/mol. The largest absolute Gasteiger partial charge is 0.303 e. The summed E-state index contributed by atoms with van der Waals surface area (Å²) in [4.78, 5) is 14.6. The van der Waals surface area contributed by atoms with E-state index in [4.69, 9.17) is 0 Å². The first-order valence-corrected chi connectivity index (χ1v) is 6.28. The van der Waals surface area contributed by atoms with Gasteiger partial charge in [0.25, 0.3) is 0 Å².